The molecule has 1 fully saturated rings. The lowest BCUT2D eigenvalue weighted by Crippen LogP contribution is -2.21. The molecule has 1 aromatic carbocycles. The second-order valence-electron chi connectivity index (χ2n) is 5.43. The Labute approximate surface area is 109 Å². The second-order valence-corrected chi connectivity index (χ2v) is 5.43. The quantitative estimate of drug-likeness (QED) is 0.872. The number of rotatable bonds is 5. The third-order valence-corrected chi connectivity index (χ3v) is 3.99. The van der Waals surface area contributed by atoms with Crippen molar-refractivity contribution in [2.75, 3.05) is 20.8 Å². The fourth-order valence-electron chi connectivity index (χ4n) is 2.52. The summed E-state index contributed by atoms with van der Waals surface area (Å²) in [6.45, 7) is 5.04. The van der Waals surface area contributed by atoms with Gasteiger partial charge in [-0.15, -0.1) is 0 Å². The zero-order chi connectivity index (χ0) is 13.3. The van der Waals surface area contributed by atoms with Gasteiger partial charge in [-0.3, -0.25) is 0 Å². The van der Waals surface area contributed by atoms with E-state index in [2.05, 4.69) is 19.9 Å². The Bertz CT molecular complexity index is 436. The summed E-state index contributed by atoms with van der Waals surface area (Å²) in [6.07, 6.45) is 2.31. The Kier molecular flexibility index (Phi) is 3.53. The maximum atomic E-state index is 5.93. The van der Waals surface area contributed by atoms with Crippen LogP contribution in [0.15, 0.2) is 12.1 Å². The fourth-order valence-corrected chi connectivity index (χ4v) is 2.52. The van der Waals surface area contributed by atoms with E-state index in [0.29, 0.717) is 12.5 Å². The van der Waals surface area contributed by atoms with Crippen LogP contribution in [-0.4, -0.2) is 20.8 Å². The normalized spacial score (nSPS) is 16.8. The molecule has 3 nitrogen and oxygen atoms in total. The van der Waals surface area contributed by atoms with Crippen molar-refractivity contribution in [3.05, 3.63) is 23.3 Å². The van der Waals surface area contributed by atoms with Gasteiger partial charge in [-0.05, 0) is 30.4 Å². The summed E-state index contributed by atoms with van der Waals surface area (Å²) in [7, 11) is 3.41. The van der Waals surface area contributed by atoms with E-state index in [9.17, 15) is 0 Å². The predicted octanol–water partition coefficient (Wildman–Crippen LogP) is 2.82. The highest BCUT2D eigenvalue weighted by Gasteiger charge is 2.45. The lowest BCUT2D eigenvalue weighted by atomic mass is 9.90. The van der Waals surface area contributed by atoms with Gasteiger partial charge in [-0.2, -0.15) is 0 Å². The Morgan fingerprint density at radius 2 is 1.78 bits per heavy atom. The fraction of sp³-hybridized carbons (Fsp3) is 0.600. The maximum absolute atomic E-state index is 5.93. The third-order valence-electron chi connectivity index (χ3n) is 3.99. The molecule has 0 aliphatic heterocycles. The highest BCUT2D eigenvalue weighted by Crippen LogP contribution is 2.52. The van der Waals surface area contributed by atoms with Crippen molar-refractivity contribution in [2.24, 2.45) is 5.73 Å². The summed E-state index contributed by atoms with van der Waals surface area (Å²) in [6, 6.07) is 4.22. The molecule has 1 aromatic rings. The Morgan fingerprint density at radius 3 is 2.17 bits per heavy atom. The summed E-state index contributed by atoms with van der Waals surface area (Å²) < 4.78 is 11.0. The van der Waals surface area contributed by atoms with Gasteiger partial charge in [0.05, 0.1) is 14.2 Å². The first-order valence-electron chi connectivity index (χ1n) is 6.54. The van der Waals surface area contributed by atoms with Crippen molar-refractivity contribution in [2.45, 2.75) is 38.0 Å². The van der Waals surface area contributed by atoms with Crippen LogP contribution in [0, 0.1) is 0 Å². The number of nitrogens with two attached hydrogens (primary N) is 1. The minimum Gasteiger partial charge on any atom is -0.496 e. The highest BCUT2D eigenvalue weighted by molar-refractivity contribution is 5.53. The molecule has 0 amide bonds. The lowest BCUT2D eigenvalue weighted by Gasteiger charge is -2.21. The van der Waals surface area contributed by atoms with E-state index in [1.165, 1.54) is 11.1 Å². The van der Waals surface area contributed by atoms with Crippen LogP contribution in [0.4, 0.5) is 0 Å². The average Bonchev–Trinajstić information content (AvgIpc) is 3.17. The first-order chi connectivity index (χ1) is 8.57. The van der Waals surface area contributed by atoms with Crippen molar-refractivity contribution in [3.63, 3.8) is 0 Å². The van der Waals surface area contributed by atoms with Crippen molar-refractivity contribution in [1.82, 2.24) is 0 Å². The largest absolute Gasteiger partial charge is 0.496 e. The van der Waals surface area contributed by atoms with Crippen LogP contribution in [0.5, 0.6) is 11.5 Å². The van der Waals surface area contributed by atoms with Crippen LogP contribution in [0.1, 0.15) is 43.7 Å². The van der Waals surface area contributed by atoms with E-state index in [1.54, 1.807) is 14.2 Å². The topological polar surface area (TPSA) is 44.5 Å². The summed E-state index contributed by atoms with van der Waals surface area (Å²) in [4.78, 5) is 0. The molecule has 1 aliphatic rings. The summed E-state index contributed by atoms with van der Waals surface area (Å²) in [5.41, 5.74) is 8.55. The van der Waals surface area contributed by atoms with Gasteiger partial charge in [-0.1, -0.05) is 13.8 Å². The molecule has 0 bridgehead atoms. The van der Waals surface area contributed by atoms with Crippen LogP contribution in [0.25, 0.3) is 0 Å². The van der Waals surface area contributed by atoms with Gasteiger partial charge in [0.1, 0.15) is 11.5 Å². The molecule has 2 rings (SSSR count). The summed E-state index contributed by atoms with van der Waals surface area (Å²) >= 11 is 0. The molecular weight excluding hydrogens is 226 g/mol. The van der Waals surface area contributed by atoms with E-state index in [-0.39, 0.29) is 5.41 Å². The molecule has 0 saturated heterocycles. The minimum absolute atomic E-state index is 0.140. The van der Waals surface area contributed by atoms with Crippen molar-refractivity contribution in [1.29, 1.82) is 0 Å². The van der Waals surface area contributed by atoms with Crippen LogP contribution in [0.2, 0.25) is 0 Å². The highest BCUT2D eigenvalue weighted by atomic mass is 16.5. The molecular formula is C15H23NO2. The third kappa shape index (κ3) is 2.07. The first-order valence-corrected chi connectivity index (χ1v) is 6.54. The van der Waals surface area contributed by atoms with E-state index in [1.807, 2.05) is 6.07 Å². The zero-order valence-corrected chi connectivity index (χ0v) is 11.7. The zero-order valence-electron chi connectivity index (χ0n) is 11.7. The SMILES string of the molecule is COc1cc(OC)c(C2(CN)CC2)cc1C(C)C. The van der Waals surface area contributed by atoms with Gasteiger partial charge in [0.15, 0.2) is 0 Å². The molecule has 0 aromatic heterocycles. The molecule has 1 saturated carbocycles. The van der Waals surface area contributed by atoms with Gasteiger partial charge in [0, 0.05) is 23.6 Å². The maximum Gasteiger partial charge on any atom is 0.126 e. The second kappa shape index (κ2) is 4.81. The van der Waals surface area contributed by atoms with E-state index < -0.39 is 0 Å². The number of benzene rings is 1. The van der Waals surface area contributed by atoms with Gasteiger partial charge in [-0.25, -0.2) is 0 Å². The predicted molar refractivity (Wildman–Crippen MR) is 73.6 cm³/mol. The van der Waals surface area contributed by atoms with Gasteiger partial charge < -0.3 is 15.2 Å². The molecule has 0 radical (unpaired) electrons. The molecule has 3 heteroatoms. The minimum atomic E-state index is 0.140. The molecule has 2 N–H and O–H groups in total. The van der Waals surface area contributed by atoms with Gasteiger partial charge >= 0.3 is 0 Å². The lowest BCUT2D eigenvalue weighted by molar-refractivity contribution is 0.383. The number of ether oxygens (including phenoxy) is 2. The first kappa shape index (κ1) is 13.2. The van der Waals surface area contributed by atoms with Crippen molar-refractivity contribution < 1.29 is 9.47 Å². The van der Waals surface area contributed by atoms with E-state index >= 15 is 0 Å². The van der Waals surface area contributed by atoms with Gasteiger partial charge in [0.2, 0.25) is 0 Å². The molecule has 100 valence electrons. The average molecular weight is 249 g/mol. The van der Waals surface area contributed by atoms with Crippen LogP contribution in [0.3, 0.4) is 0 Å². The molecule has 0 spiro atoms. The van der Waals surface area contributed by atoms with Crippen molar-refractivity contribution >= 4 is 0 Å². The van der Waals surface area contributed by atoms with Crippen molar-refractivity contribution in [3.8, 4) is 11.5 Å². The smallest absolute Gasteiger partial charge is 0.126 e. The van der Waals surface area contributed by atoms with Crippen LogP contribution < -0.4 is 15.2 Å². The van der Waals surface area contributed by atoms with Crippen LogP contribution in [-0.2, 0) is 5.41 Å². The van der Waals surface area contributed by atoms with E-state index in [4.69, 9.17) is 15.2 Å². The molecule has 0 unspecified atom stereocenters. The summed E-state index contributed by atoms with van der Waals surface area (Å²) in [5.74, 6) is 2.23. The Balaban J connectivity index is 2.54. The van der Waals surface area contributed by atoms with Crippen LogP contribution >= 0.6 is 0 Å². The van der Waals surface area contributed by atoms with Gasteiger partial charge in [0.25, 0.3) is 0 Å². The molecule has 18 heavy (non-hydrogen) atoms. The summed E-state index contributed by atoms with van der Waals surface area (Å²) in [5, 5.41) is 0. The molecule has 0 atom stereocenters. The number of hydrogen-bond donors (Lipinski definition) is 1. The molecule has 0 heterocycles. The Morgan fingerprint density at radius 1 is 1.17 bits per heavy atom. The van der Waals surface area contributed by atoms with E-state index in [0.717, 1.165) is 24.3 Å². The number of hydrogen-bond acceptors (Lipinski definition) is 3. The monoisotopic (exact) mass is 249 g/mol. The molecule has 1 aliphatic carbocycles. The Hall–Kier alpha value is -1.22. The standard InChI is InChI=1S/C15H23NO2/c1-10(2)11-7-12(15(9-16)5-6-15)14(18-4)8-13(11)17-3/h7-8,10H,5-6,9,16H2,1-4H3. The number of methoxy groups -OCH3 is 2.